The molecule has 0 radical (unpaired) electrons. The average molecular weight is 327 g/mol. The number of benzene rings is 1. The third-order valence-corrected chi connectivity index (χ3v) is 2.31. The summed E-state index contributed by atoms with van der Waals surface area (Å²) >= 11 is 7.08. The van der Waals surface area contributed by atoms with Crippen molar-refractivity contribution in [3.63, 3.8) is 0 Å². The molecule has 0 amide bonds. The fourth-order valence-corrected chi connectivity index (χ4v) is 0.930. The van der Waals surface area contributed by atoms with Gasteiger partial charge in [-0.05, 0) is 58.5 Å². The Morgan fingerprint density at radius 2 is 1.86 bits per heavy atom. The van der Waals surface area contributed by atoms with Crippen LogP contribution in [0.5, 0.6) is 5.75 Å². The lowest BCUT2D eigenvalue weighted by molar-refractivity contribution is -0.111. The molecule has 1 aromatic carbocycles. The average Bonchev–Trinajstić information content (AvgIpc) is 2.20. The third kappa shape index (κ3) is 7.15. The molecule has 0 N–H and O–H groups in total. The predicted molar refractivity (Wildman–Crippen MR) is 66.9 cm³/mol. The van der Waals surface area contributed by atoms with Gasteiger partial charge in [-0.25, -0.2) is 0 Å². The van der Waals surface area contributed by atoms with Crippen LogP contribution in [-0.4, -0.2) is 12.4 Å². The zero-order valence-corrected chi connectivity index (χ0v) is 11.0. The van der Waals surface area contributed by atoms with E-state index in [1.54, 1.807) is 14.0 Å². The van der Waals surface area contributed by atoms with Crippen LogP contribution >= 0.6 is 34.2 Å². The normalized spacial score (nSPS) is 8.57. The molecule has 0 aromatic heterocycles. The van der Waals surface area contributed by atoms with Crippen molar-refractivity contribution in [3.05, 3.63) is 27.8 Å². The Kier molecular flexibility index (Phi) is 7.89. The van der Waals surface area contributed by atoms with Crippen LogP contribution in [-0.2, 0) is 4.79 Å². The maximum Gasteiger partial charge on any atom is 0.221 e. The zero-order chi connectivity index (χ0) is 11.0. The van der Waals surface area contributed by atoms with Gasteiger partial charge in [0.15, 0.2) is 0 Å². The lowest BCUT2D eigenvalue weighted by atomic mass is 10.3. The highest BCUT2D eigenvalue weighted by Crippen LogP contribution is 2.11. The molecule has 0 bridgehead atoms. The summed E-state index contributed by atoms with van der Waals surface area (Å²) in [5.41, 5.74) is 0. The second-order valence-electron chi connectivity index (χ2n) is 2.37. The molecule has 0 saturated heterocycles. The first-order valence-electron chi connectivity index (χ1n) is 4.08. The van der Waals surface area contributed by atoms with E-state index in [2.05, 4.69) is 22.6 Å². The monoisotopic (exact) mass is 326 g/mol. The first-order valence-corrected chi connectivity index (χ1v) is 5.53. The van der Waals surface area contributed by atoms with Crippen LogP contribution in [0.2, 0.25) is 0 Å². The Morgan fingerprint density at radius 1 is 1.43 bits per heavy atom. The van der Waals surface area contributed by atoms with Crippen molar-refractivity contribution < 1.29 is 9.53 Å². The Morgan fingerprint density at radius 3 is 2.14 bits per heavy atom. The lowest BCUT2D eigenvalue weighted by Gasteiger charge is -1.96. The number of hydrogen-bond donors (Lipinski definition) is 0. The third-order valence-electron chi connectivity index (χ3n) is 1.33. The number of carbonyl (C=O) groups is 1. The highest BCUT2D eigenvalue weighted by Gasteiger charge is 1.86. The minimum Gasteiger partial charge on any atom is -0.497 e. The van der Waals surface area contributed by atoms with Gasteiger partial charge in [0, 0.05) is 9.99 Å². The van der Waals surface area contributed by atoms with E-state index in [-0.39, 0.29) is 5.24 Å². The number of carbonyl (C=O) groups excluding carboxylic acids is 1. The van der Waals surface area contributed by atoms with Crippen molar-refractivity contribution in [2.45, 2.75) is 13.3 Å². The molecule has 0 saturated carbocycles. The van der Waals surface area contributed by atoms with Crippen LogP contribution in [0.4, 0.5) is 0 Å². The van der Waals surface area contributed by atoms with Crippen LogP contribution in [0.15, 0.2) is 24.3 Å². The molecule has 14 heavy (non-hydrogen) atoms. The van der Waals surface area contributed by atoms with Crippen molar-refractivity contribution >= 4 is 39.4 Å². The van der Waals surface area contributed by atoms with Gasteiger partial charge in [-0.1, -0.05) is 6.92 Å². The molecule has 4 heteroatoms. The van der Waals surface area contributed by atoms with Crippen molar-refractivity contribution in [3.8, 4) is 5.75 Å². The second-order valence-corrected chi connectivity index (χ2v) is 4.03. The Labute approximate surface area is 103 Å². The molecule has 1 rings (SSSR count). The summed E-state index contributed by atoms with van der Waals surface area (Å²) in [7, 11) is 1.67. The maximum atomic E-state index is 9.58. The number of methoxy groups -OCH3 is 1. The molecule has 0 aliphatic rings. The molecule has 1 aromatic rings. The molecule has 0 spiro atoms. The smallest absolute Gasteiger partial charge is 0.221 e. The van der Waals surface area contributed by atoms with E-state index in [0.717, 1.165) is 5.75 Å². The number of ether oxygens (including phenoxy) is 1. The van der Waals surface area contributed by atoms with Crippen molar-refractivity contribution in [1.82, 2.24) is 0 Å². The second kappa shape index (κ2) is 8.05. The summed E-state index contributed by atoms with van der Waals surface area (Å²) in [6.07, 6.45) is 0.432. The molecule has 0 aliphatic carbocycles. The molecule has 0 atom stereocenters. The standard InChI is InChI=1S/C7H7IO.C3H5ClO/c1-9-7-4-2-6(8)3-5-7;1-2-3(4)5/h2-5H,1H3;2H2,1H3. The van der Waals surface area contributed by atoms with E-state index in [9.17, 15) is 4.79 Å². The zero-order valence-electron chi connectivity index (χ0n) is 8.09. The van der Waals surface area contributed by atoms with Gasteiger partial charge in [0.1, 0.15) is 5.75 Å². The van der Waals surface area contributed by atoms with Crippen LogP contribution in [0.3, 0.4) is 0 Å². The van der Waals surface area contributed by atoms with Gasteiger partial charge in [0.2, 0.25) is 5.24 Å². The number of rotatable bonds is 2. The van der Waals surface area contributed by atoms with E-state index >= 15 is 0 Å². The van der Waals surface area contributed by atoms with E-state index in [1.807, 2.05) is 24.3 Å². The van der Waals surface area contributed by atoms with Gasteiger partial charge in [-0.2, -0.15) is 0 Å². The van der Waals surface area contributed by atoms with E-state index < -0.39 is 0 Å². The minimum atomic E-state index is -0.273. The molecular weight excluding hydrogens is 314 g/mol. The summed E-state index contributed by atoms with van der Waals surface area (Å²) < 4.78 is 6.20. The molecule has 0 heterocycles. The van der Waals surface area contributed by atoms with Gasteiger partial charge >= 0.3 is 0 Å². The fraction of sp³-hybridized carbons (Fsp3) is 0.300. The van der Waals surface area contributed by atoms with Crippen molar-refractivity contribution in [2.24, 2.45) is 0 Å². The summed E-state index contributed by atoms with van der Waals surface area (Å²) in [6, 6.07) is 7.92. The highest BCUT2D eigenvalue weighted by molar-refractivity contribution is 14.1. The Balaban J connectivity index is 0.000000292. The molecule has 0 unspecified atom stereocenters. The largest absolute Gasteiger partial charge is 0.497 e. The maximum absolute atomic E-state index is 9.58. The van der Waals surface area contributed by atoms with Crippen LogP contribution in [0.1, 0.15) is 13.3 Å². The van der Waals surface area contributed by atoms with Crippen molar-refractivity contribution in [2.75, 3.05) is 7.11 Å². The Hall–Kier alpha value is -0.290. The van der Waals surface area contributed by atoms with Gasteiger partial charge < -0.3 is 4.74 Å². The first kappa shape index (κ1) is 13.7. The van der Waals surface area contributed by atoms with Gasteiger partial charge in [-0.15, -0.1) is 0 Å². The summed E-state index contributed by atoms with van der Waals surface area (Å²) in [5, 5.41) is -0.273. The van der Waals surface area contributed by atoms with Crippen LogP contribution in [0.25, 0.3) is 0 Å². The first-order chi connectivity index (χ1) is 6.60. The van der Waals surface area contributed by atoms with Gasteiger partial charge in [0.25, 0.3) is 0 Å². The molecule has 0 fully saturated rings. The highest BCUT2D eigenvalue weighted by atomic mass is 127. The van der Waals surface area contributed by atoms with E-state index in [1.165, 1.54) is 3.57 Å². The van der Waals surface area contributed by atoms with Crippen LogP contribution < -0.4 is 4.74 Å². The quantitative estimate of drug-likeness (QED) is 0.614. The lowest BCUT2D eigenvalue weighted by Crippen LogP contribution is -1.80. The fourth-order valence-electron chi connectivity index (χ4n) is 0.571. The summed E-state index contributed by atoms with van der Waals surface area (Å²) in [5.74, 6) is 0.912. The summed E-state index contributed by atoms with van der Waals surface area (Å²) in [4.78, 5) is 9.58. The van der Waals surface area contributed by atoms with Crippen molar-refractivity contribution in [1.29, 1.82) is 0 Å². The number of hydrogen-bond acceptors (Lipinski definition) is 2. The van der Waals surface area contributed by atoms with E-state index in [4.69, 9.17) is 16.3 Å². The molecule has 78 valence electrons. The van der Waals surface area contributed by atoms with Crippen LogP contribution in [0, 0.1) is 3.57 Å². The Bertz CT molecular complexity index is 272. The predicted octanol–water partition coefficient (Wildman–Crippen LogP) is 3.46. The molecule has 2 nitrogen and oxygen atoms in total. The topological polar surface area (TPSA) is 26.3 Å². The van der Waals surface area contributed by atoms with E-state index in [0.29, 0.717) is 6.42 Å². The SMILES string of the molecule is CCC(=O)Cl.COc1ccc(I)cc1. The summed E-state index contributed by atoms with van der Waals surface area (Å²) in [6.45, 7) is 1.72. The number of halogens is 2. The molecule has 0 aliphatic heterocycles. The van der Waals surface area contributed by atoms with Gasteiger partial charge in [0.05, 0.1) is 7.11 Å². The molecular formula is C10H12ClIO2. The van der Waals surface area contributed by atoms with Gasteiger partial charge in [-0.3, -0.25) is 4.79 Å². The minimum absolute atomic E-state index is 0.273.